The zero-order chi connectivity index (χ0) is 27.3. The van der Waals surface area contributed by atoms with Crippen LogP contribution in [0.1, 0.15) is 52.1 Å². The Kier molecular flexibility index (Phi) is 8.50. The van der Waals surface area contributed by atoms with E-state index in [1.54, 1.807) is 48.5 Å². The molecular weight excluding hydrogens is 501 g/mol. The van der Waals surface area contributed by atoms with E-state index >= 15 is 0 Å². The minimum atomic E-state index is -1.35. The zero-order valence-electron chi connectivity index (χ0n) is 21.6. The SMILES string of the molecule is COC(Cc1ccc(N2C(=O)c3ccccc3C2=O)cc1)(P=O)C(CC(C)C)C(=O)OCc1ccccc1. The zero-order valence-corrected chi connectivity index (χ0v) is 22.5. The van der Waals surface area contributed by atoms with Crippen molar-refractivity contribution >= 4 is 31.9 Å². The van der Waals surface area contributed by atoms with Crippen LogP contribution in [-0.2, 0) is 31.9 Å². The number of nitrogens with zero attached hydrogens (tertiary/aromatic N) is 1. The van der Waals surface area contributed by atoms with E-state index in [9.17, 15) is 18.9 Å². The molecule has 7 nitrogen and oxygen atoms in total. The van der Waals surface area contributed by atoms with Crippen LogP contribution in [0.2, 0.25) is 0 Å². The van der Waals surface area contributed by atoms with Crippen LogP contribution in [0, 0.1) is 11.8 Å². The van der Waals surface area contributed by atoms with E-state index in [2.05, 4.69) is 0 Å². The van der Waals surface area contributed by atoms with Gasteiger partial charge in [-0.25, -0.2) is 4.90 Å². The largest absolute Gasteiger partial charge is 0.460 e. The van der Waals surface area contributed by atoms with Gasteiger partial charge in [-0.3, -0.25) is 18.9 Å². The van der Waals surface area contributed by atoms with E-state index in [0.717, 1.165) is 16.0 Å². The van der Waals surface area contributed by atoms with Crippen molar-refractivity contribution in [3.63, 3.8) is 0 Å². The molecule has 1 aliphatic heterocycles. The molecule has 4 rings (SSSR count). The van der Waals surface area contributed by atoms with Crippen molar-refractivity contribution in [2.24, 2.45) is 11.8 Å². The van der Waals surface area contributed by atoms with Crippen LogP contribution in [0.4, 0.5) is 5.69 Å². The molecule has 196 valence electrons. The van der Waals surface area contributed by atoms with E-state index in [-0.39, 0.29) is 39.2 Å². The molecule has 8 heteroatoms. The first-order chi connectivity index (χ1) is 18.3. The molecule has 2 amide bonds. The lowest BCUT2D eigenvalue weighted by Crippen LogP contribution is -2.43. The summed E-state index contributed by atoms with van der Waals surface area (Å²) in [6.45, 7) is 4.08. The lowest BCUT2D eigenvalue weighted by atomic mass is 9.87. The minimum Gasteiger partial charge on any atom is -0.460 e. The van der Waals surface area contributed by atoms with Crippen LogP contribution in [0.3, 0.4) is 0 Å². The summed E-state index contributed by atoms with van der Waals surface area (Å²) >= 11 is 0. The minimum absolute atomic E-state index is 0.110. The van der Waals surface area contributed by atoms with Gasteiger partial charge in [0.25, 0.3) is 11.8 Å². The summed E-state index contributed by atoms with van der Waals surface area (Å²) in [5, 5.41) is -1.35. The van der Waals surface area contributed by atoms with Gasteiger partial charge >= 0.3 is 5.97 Å². The topological polar surface area (TPSA) is 90.0 Å². The first-order valence-corrected chi connectivity index (χ1v) is 13.3. The van der Waals surface area contributed by atoms with Crippen molar-refractivity contribution < 1.29 is 28.4 Å². The highest BCUT2D eigenvalue weighted by Gasteiger charge is 2.46. The summed E-state index contributed by atoms with van der Waals surface area (Å²) < 4.78 is 24.0. The molecule has 0 aliphatic carbocycles. The highest BCUT2D eigenvalue weighted by atomic mass is 31.1. The summed E-state index contributed by atoms with van der Waals surface area (Å²) in [7, 11) is 1.10. The summed E-state index contributed by atoms with van der Waals surface area (Å²) in [5.41, 5.74) is 2.77. The second-order valence-corrected chi connectivity index (χ2v) is 10.7. The van der Waals surface area contributed by atoms with E-state index < -0.39 is 17.2 Å². The van der Waals surface area contributed by atoms with Crippen molar-refractivity contribution in [1.29, 1.82) is 0 Å². The van der Waals surface area contributed by atoms with Crippen LogP contribution in [-0.4, -0.2) is 30.2 Å². The van der Waals surface area contributed by atoms with E-state index in [1.165, 1.54) is 7.11 Å². The molecule has 0 bridgehead atoms. The Morgan fingerprint density at radius 1 is 0.868 bits per heavy atom. The number of imide groups is 1. The molecule has 0 saturated carbocycles. The predicted octanol–water partition coefficient (Wildman–Crippen LogP) is 6.07. The van der Waals surface area contributed by atoms with Crippen molar-refractivity contribution in [3.05, 3.63) is 101 Å². The molecule has 0 spiro atoms. The second-order valence-electron chi connectivity index (χ2n) is 9.75. The number of rotatable bonds is 11. The molecule has 3 aromatic carbocycles. The van der Waals surface area contributed by atoms with Crippen LogP contribution in [0.15, 0.2) is 78.9 Å². The van der Waals surface area contributed by atoms with Gasteiger partial charge in [-0.15, -0.1) is 0 Å². The quantitative estimate of drug-likeness (QED) is 0.170. The molecule has 0 saturated heterocycles. The second kappa shape index (κ2) is 11.8. The summed E-state index contributed by atoms with van der Waals surface area (Å²) in [6, 6.07) is 22.9. The van der Waals surface area contributed by atoms with Gasteiger partial charge in [-0.05, 0) is 47.7 Å². The van der Waals surface area contributed by atoms with Crippen molar-refractivity contribution in [1.82, 2.24) is 0 Å². The Bertz CT molecular complexity index is 1290. The van der Waals surface area contributed by atoms with Crippen LogP contribution in [0.5, 0.6) is 0 Å². The molecule has 3 aromatic rings. The number of esters is 1. The third kappa shape index (κ3) is 5.59. The highest BCUT2D eigenvalue weighted by molar-refractivity contribution is 7.25. The molecule has 2 unspecified atom stereocenters. The lowest BCUT2D eigenvalue weighted by Gasteiger charge is -2.33. The maximum atomic E-state index is 13.3. The van der Waals surface area contributed by atoms with Gasteiger partial charge in [0.05, 0.1) is 22.7 Å². The Morgan fingerprint density at radius 3 is 1.97 bits per heavy atom. The van der Waals surface area contributed by atoms with Crippen LogP contribution < -0.4 is 4.90 Å². The fourth-order valence-electron chi connectivity index (χ4n) is 4.72. The molecule has 0 aromatic heterocycles. The number of hydrogen-bond donors (Lipinski definition) is 0. The number of anilines is 1. The average Bonchev–Trinajstić information content (AvgIpc) is 3.20. The Morgan fingerprint density at radius 2 is 1.45 bits per heavy atom. The molecule has 0 fully saturated rings. The molecule has 38 heavy (non-hydrogen) atoms. The van der Waals surface area contributed by atoms with E-state index in [4.69, 9.17) is 9.47 Å². The Labute approximate surface area is 224 Å². The third-order valence-corrected chi connectivity index (χ3v) is 7.68. The van der Waals surface area contributed by atoms with Crippen LogP contribution >= 0.6 is 8.46 Å². The number of carbonyl (C=O) groups excluding carboxylic acids is 3. The van der Waals surface area contributed by atoms with Gasteiger partial charge in [0.15, 0.2) is 13.8 Å². The molecular formula is C30H30NO6P. The maximum absolute atomic E-state index is 13.3. The number of ether oxygens (including phenoxy) is 2. The van der Waals surface area contributed by atoms with E-state index in [1.807, 2.05) is 44.2 Å². The summed E-state index contributed by atoms with van der Waals surface area (Å²) in [5.74, 6) is -1.89. The number of hydrogen-bond acceptors (Lipinski definition) is 6. The van der Waals surface area contributed by atoms with E-state index in [0.29, 0.717) is 23.2 Å². The predicted molar refractivity (Wildman–Crippen MR) is 144 cm³/mol. The Balaban J connectivity index is 1.55. The molecule has 1 heterocycles. The average molecular weight is 532 g/mol. The van der Waals surface area contributed by atoms with Crippen LogP contribution in [0.25, 0.3) is 0 Å². The number of amides is 2. The number of benzene rings is 3. The molecule has 1 aliphatic rings. The smallest absolute Gasteiger partial charge is 0.313 e. The standard InChI is InChI=1S/C30H30NO6P/c1-20(2)17-26(29(34)37-19-22-9-5-4-6-10-22)30(36-3,38-35)18-21-13-15-23(16-14-21)31-27(32)24-11-7-8-12-25(24)28(31)33/h4-16,20,26H,17-19H2,1-3H3. The van der Waals surface area contributed by atoms with Gasteiger partial charge in [0.1, 0.15) is 6.61 Å². The van der Waals surface area contributed by atoms with Gasteiger partial charge in [-0.2, -0.15) is 0 Å². The third-order valence-electron chi connectivity index (χ3n) is 6.71. The molecule has 2 atom stereocenters. The summed E-state index contributed by atoms with van der Waals surface area (Å²) in [6.07, 6.45) is 0.582. The van der Waals surface area contributed by atoms with Gasteiger partial charge in [-0.1, -0.05) is 68.4 Å². The molecule has 0 N–H and O–H groups in total. The highest BCUT2D eigenvalue weighted by Crippen LogP contribution is 2.41. The number of methoxy groups -OCH3 is 1. The van der Waals surface area contributed by atoms with Crippen molar-refractivity contribution in [2.75, 3.05) is 12.0 Å². The normalized spacial score (nSPS) is 15.4. The molecule has 0 radical (unpaired) electrons. The fraction of sp³-hybridized carbons (Fsp3) is 0.300. The summed E-state index contributed by atoms with van der Waals surface area (Å²) in [4.78, 5) is 40.1. The van der Waals surface area contributed by atoms with Crippen molar-refractivity contribution in [3.8, 4) is 0 Å². The Hall–Kier alpha value is -3.67. The monoisotopic (exact) mass is 531 g/mol. The number of carbonyl (C=O) groups is 3. The number of fused-ring (bicyclic) bond motifs is 1. The maximum Gasteiger partial charge on any atom is 0.313 e. The fourth-order valence-corrected chi connectivity index (χ4v) is 5.37. The lowest BCUT2D eigenvalue weighted by molar-refractivity contribution is -0.158. The van der Waals surface area contributed by atoms with Gasteiger partial charge in [0, 0.05) is 13.5 Å². The first kappa shape index (κ1) is 27.4. The van der Waals surface area contributed by atoms with Gasteiger partial charge < -0.3 is 9.47 Å². The van der Waals surface area contributed by atoms with Gasteiger partial charge in [0.2, 0.25) is 0 Å². The first-order valence-electron chi connectivity index (χ1n) is 12.5. The van der Waals surface area contributed by atoms with Crippen molar-refractivity contribution in [2.45, 2.75) is 38.6 Å².